The lowest BCUT2D eigenvalue weighted by molar-refractivity contribution is 0.100. The first-order valence-corrected chi connectivity index (χ1v) is 7.93. The number of hydrogen-bond donors (Lipinski definition) is 3. The van der Waals surface area contributed by atoms with Crippen molar-refractivity contribution in [2.75, 3.05) is 5.32 Å². The van der Waals surface area contributed by atoms with Crippen LogP contribution in [0.5, 0.6) is 0 Å². The molecule has 1 saturated carbocycles. The lowest BCUT2D eigenvalue weighted by atomic mass is 9.92. The first-order chi connectivity index (χ1) is 11.1. The molecule has 5 nitrogen and oxygen atoms in total. The highest BCUT2D eigenvalue weighted by Gasteiger charge is 2.21. The van der Waals surface area contributed by atoms with Crippen LogP contribution in [0.4, 0.5) is 5.69 Å². The molecule has 0 aliphatic heterocycles. The van der Waals surface area contributed by atoms with Gasteiger partial charge in [-0.3, -0.25) is 9.78 Å². The van der Waals surface area contributed by atoms with E-state index < -0.39 is 5.91 Å². The van der Waals surface area contributed by atoms with E-state index in [2.05, 4.69) is 10.3 Å². The Kier molecular flexibility index (Phi) is 4.57. The normalized spacial score (nSPS) is 20.9. The number of carbonyl (C=O) groups excluding carboxylic acids is 1. The van der Waals surface area contributed by atoms with Gasteiger partial charge in [-0.2, -0.15) is 0 Å². The molecule has 1 aromatic heterocycles. The van der Waals surface area contributed by atoms with Crippen LogP contribution in [0.3, 0.4) is 0 Å². The van der Waals surface area contributed by atoms with E-state index in [0.717, 1.165) is 42.6 Å². The third-order valence-corrected chi connectivity index (χ3v) is 4.30. The molecular formula is C18H21N3O2. The molecule has 1 amide bonds. The number of nitrogens with one attached hydrogen (secondary N) is 1. The zero-order chi connectivity index (χ0) is 16.2. The fraction of sp³-hybridized carbons (Fsp3) is 0.333. The molecule has 1 heterocycles. The second kappa shape index (κ2) is 6.79. The topological polar surface area (TPSA) is 88.2 Å². The fourth-order valence-corrected chi connectivity index (χ4v) is 3.01. The molecule has 5 heteroatoms. The van der Waals surface area contributed by atoms with Crippen molar-refractivity contribution in [2.45, 2.75) is 37.8 Å². The first kappa shape index (κ1) is 15.5. The summed E-state index contributed by atoms with van der Waals surface area (Å²) in [5.41, 5.74) is 8.44. The molecule has 120 valence electrons. The number of primary amides is 1. The van der Waals surface area contributed by atoms with Gasteiger partial charge in [0.25, 0.3) is 5.91 Å². The smallest absolute Gasteiger partial charge is 0.250 e. The number of amides is 1. The standard InChI is InChI=1S/C18H21N3O2/c19-18(23)15-11-12(16-3-1-2-10-20-16)4-9-17(15)21-13-5-7-14(22)8-6-13/h1-4,9-11,13-14,21-22H,5-8H2,(H2,19,23)/t13-,14-. The average Bonchev–Trinajstić information content (AvgIpc) is 2.58. The number of pyridine rings is 1. The SMILES string of the molecule is NC(=O)c1cc(-c2ccccn2)ccc1N[C@H]1CC[C@H](O)CC1. The molecule has 1 aliphatic carbocycles. The van der Waals surface area contributed by atoms with Crippen molar-refractivity contribution in [3.63, 3.8) is 0 Å². The fourth-order valence-electron chi connectivity index (χ4n) is 3.01. The summed E-state index contributed by atoms with van der Waals surface area (Å²) in [6.07, 6.45) is 4.88. The Balaban J connectivity index is 1.84. The van der Waals surface area contributed by atoms with Crippen molar-refractivity contribution in [1.29, 1.82) is 0 Å². The van der Waals surface area contributed by atoms with Gasteiger partial charge in [0.1, 0.15) is 0 Å². The maximum absolute atomic E-state index is 11.8. The van der Waals surface area contributed by atoms with Gasteiger partial charge in [0.15, 0.2) is 0 Å². The number of rotatable bonds is 4. The van der Waals surface area contributed by atoms with E-state index in [-0.39, 0.29) is 12.1 Å². The van der Waals surface area contributed by atoms with E-state index in [4.69, 9.17) is 5.73 Å². The van der Waals surface area contributed by atoms with Crippen LogP contribution < -0.4 is 11.1 Å². The second-order valence-electron chi connectivity index (χ2n) is 5.99. The monoisotopic (exact) mass is 311 g/mol. The highest BCUT2D eigenvalue weighted by atomic mass is 16.3. The number of benzene rings is 1. The van der Waals surface area contributed by atoms with Gasteiger partial charge >= 0.3 is 0 Å². The van der Waals surface area contributed by atoms with E-state index in [1.54, 1.807) is 12.3 Å². The number of carbonyl (C=O) groups is 1. The van der Waals surface area contributed by atoms with Crippen molar-refractivity contribution in [2.24, 2.45) is 5.73 Å². The Morgan fingerprint density at radius 3 is 2.61 bits per heavy atom. The predicted octanol–water partition coefficient (Wildman–Crippen LogP) is 2.56. The van der Waals surface area contributed by atoms with E-state index >= 15 is 0 Å². The van der Waals surface area contributed by atoms with Crippen LogP contribution in [-0.4, -0.2) is 28.1 Å². The van der Waals surface area contributed by atoms with Gasteiger partial charge in [0, 0.05) is 23.5 Å². The van der Waals surface area contributed by atoms with Crippen molar-refractivity contribution in [3.05, 3.63) is 48.2 Å². The van der Waals surface area contributed by atoms with Crippen LogP contribution in [0.2, 0.25) is 0 Å². The van der Waals surface area contributed by atoms with Crippen molar-refractivity contribution < 1.29 is 9.90 Å². The largest absolute Gasteiger partial charge is 0.393 e. The van der Waals surface area contributed by atoms with Crippen LogP contribution in [0, 0.1) is 0 Å². The minimum atomic E-state index is -0.457. The molecule has 2 aromatic rings. The van der Waals surface area contributed by atoms with Gasteiger partial charge in [-0.1, -0.05) is 12.1 Å². The maximum atomic E-state index is 11.8. The summed E-state index contributed by atoms with van der Waals surface area (Å²) in [5.74, 6) is -0.457. The second-order valence-corrected chi connectivity index (χ2v) is 5.99. The van der Waals surface area contributed by atoms with Crippen molar-refractivity contribution in [3.8, 4) is 11.3 Å². The molecule has 1 aromatic carbocycles. The van der Waals surface area contributed by atoms with Crippen LogP contribution in [0.1, 0.15) is 36.0 Å². The van der Waals surface area contributed by atoms with Gasteiger partial charge in [-0.25, -0.2) is 0 Å². The number of hydrogen-bond acceptors (Lipinski definition) is 4. The minimum absolute atomic E-state index is 0.199. The molecule has 0 unspecified atom stereocenters. The Bertz CT molecular complexity index is 680. The number of nitrogens with two attached hydrogens (primary N) is 1. The molecule has 4 N–H and O–H groups in total. The molecule has 3 rings (SSSR count). The van der Waals surface area contributed by atoms with Crippen molar-refractivity contribution >= 4 is 11.6 Å². The van der Waals surface area contributed by atoms with Gasteiger partial charge in [-0.05, 0) is 49.9 Å². The molecule has 0 bridgehead atoms. The van der Waals surface area contributed by atoms with Crippen LogP contribution >= 0.6 is 0 Å². The molecular weight excluding hydrogens is 290 g/mol. The number of aromatic nitrogens is 1. The molecule has 0 atom stereocenters. The Hall–Kier alpha value is -2.40. The number of anilines is 1. The summed E-state index contributed by atoms with van der Waals surface area (Å²) in [6.45, 7) is 0. The number of aliphatic hydroxyl groups is 1. The average molecular weight is 311 g/mol. The summed E-state index contributed by atoms with van der Waals surface area (Å²) in [4.78, 5) is 16.1. The quantitative estimate of drug-likeness (QED) is 0.809. The van der Waals surface area contributed by atoms with E-state index in [1.165, 1.54) is 0 Å². The third-order valence-electron chi connectivity index (χ3n) is 4.30. The highest BCUT2D eigenvalue weighted by molar-refractivity contribution is 5.99. The molecule has 23 heavy (non-hydrogen) atoms. The zero-order valence-corrected chi connectivity index (χ0v) is 12.9. The van der Waals surface area contributed by atoms with Crippen LogP contribution in [-0.2, 0) is 0 Å². The molecule has 1 fully saturated rings. The van der Waals surface area contributed by atoms with Crippen LogP contribution in [0.15, 0.2) is 42.6 Å². The molecule has 0 saturated heterocycles. The van der Waals surface area contributed by atoms with E-state index in [9.17, 15) is 9.90 Å². The summed E-state index contributed by atoms with van der Waals surface area (Å²) >= 11 is 0. The summed E-state index contributed by atoms with van der Waals surface area (Å²) in [5, 5.41) is 13.0. The Labute approximate surface area is 135 Å². The maximum Gasteiger partial charge on any atom is 0.250 e. The first-order valence-electron chi connectivity index (χ1n) is 7.93. The summed E-state index contributed by atoms with van der Waals surface area (Å²) < 4.78 is 0. The lowest BCUT2D eigenvalue weighted by Gasteiger charge is -2.27. The Morgan fingerprint density at radius 1 is 1.17 bits per heavy atom. The van der Waals surface area contributed by atoms with E-state index in [1.807, 2.05) is 30.3 Å². The summed E-state index contributed by atoms with van der Waals surface area (Å²) in [6, 6.07) is 11.5. The molecule has 0 radical (unpaired) electrons. The molecule has 1 aliphatic rings. The summed E-state index contributed by atoms with van der Waals surface area (Å²) in [7, 11) is 0. The number of nitrogens with zero attached hydrogens (tertiary/aromatic N) is 1. The zero-order valence-electron chi connectivity index (χ0n) is 12.9. The molecule has 0 spiro atoms. The van der Waals surface area contributed by atoms with Crippen LogP contribution in [0.25, 0.3) is 11.3 Å². The lowest BCUT2D eigenvalue weighted by Crippen LogP contribution is -2.29. The van der Waals surface area contributed by atoms with Gasteiger partial charge in [0.2, 0.25) is 0 Å². The van der Waals surface area contributed by atoms with E-state index in [0.29, 0.717) is 5.56 Å². The minimum Gasteiger partial charge on any atom is -0.393 e. The van der Waals surface area contributed by atoms with Gasteiger partial charge in [-0.15, -0.1) is 0 Å². The third kappa shape index (κ3) is 3.68. The van der Waals surface area contributed by atoms with Crippen molar-refractivity contribution in [1.82, 2.24) is 4.98 Å². The predicted molar refractivity (Wildman–Crippen MR) is 90.1 cm³/mol. The highest BCUT2D eigenvalue weighted by Crippen LogP contribution is 2.27. The Morgan fingerprint density at radius 2 is 1.96 bits per heavy atom. The number of aliphatic hydroxyl groups excluding tert-OH is 1. The van der Waals surface area contributed by atoms with Gasteiger partial charge < -0.3 is 16.2 Å². The van der Waals surface area contributed by atoms with Gasteiger partial charge in [0.05, 0.1) is 17.4 Å².